The molecule has 1 aliphatic rings. The fourth-order valence-corrected chi connectivity index (χ4v) is 5.06. The van der Waals surface area contributed by atoms with E-state index in [1.165, 1.54) is 18.3 Å². The second kappa shape index (κ2) is 5.98. The standard InChI is InChI=1S/C16H18N2O3S2/c1-11-5-8-16(22-11)23(20,21)17-14-7-6-13-4-3-9-18(12(2)19)15(13)10-14/h5-8,10,17H,3-4,9H2,1-2H3. The number of amides is 1. The summed E-state index contributed by atoms with van der Waals surface area (Å²) in [5.74, 6) is -0.0279. The second-order valence-electron chi connectivity index (χ2n) is 5.59. The smallest absolute Gasteiger partial charge is 0.271 e. The van der Waals surface area contributed by atoms with E-state index < -0.39 is 10.0 Å². The van der Waals surface area contributed by atoms with E-state index in [4.69, 9.17) is 0 Å². The lowest BCUT2D eigenvalue weighted by atomic mass is 10.0. The van der Waals surface area contributed by atoms with Crippen molar-refractivity contribution < 1.29 is 13.2 Å². The molecule has 0 aliphatic carbocycles. The molecule has 0 unspecified atom stereocenters. The fourth-order valence-electron chi connectivity index (χ4n) is 2.73. The predicted molar refractivity (Wildman–Crippen MR) is 92.7 cm³/mol. The van der Waals surface area contributed by atoms with E-state index in [0.29, 0.717) is 12.2 Å². The first-order valence-electron chi connectivity index (χ1n) is 7.37. The molecule has 0 bridgehead atoms. The first kappa shape index (κ1) is 16.0. The van der Waals surface area contributed by atoms with Gasteiger partial charge in [0.1, 0.15) is 4.21 Å². The third kappa shape index (κ3) is 3.25. The van der Waals surface area contributed by atoms with Gasteiger partial charge in [-0.1, -0.05) is 6.07 Å². The van der Waals surface area contributed by atoms with Crippen molar-refractivity contribution in [1.82, 2.24) is 0 Å². The van der Waals surface area contributed by atoms with Gasteiger partial charge in [0.05, 0.1) is 5.69 Å². The number of anilines is 2. The van der Waals surface area contributed by atoms with Crippen molar-refractivity contribution in [3.05, 3.63) is 40.8 Å². The van der Waals surface area contributed by atoms with Gasteiger partial charge in [-0.2, -0.15) is 0 Å². The van der Waals surface area contributed by atoms with Gasteiger partial charge >= 0.3 is 0 Å². The summed E-state index contributed by atoms with van der Waals surface area (Å²) in [5.41, 5.74) is 2.34. The average Bonchev–Trinajstić information content (AvgIpc) is 2.93. The molecule has 3 rings (SSSR count). The molecule has 1 amide bonds. The minimum absolute atomic E-state index is 0.0279. The Labute approximate surface area is 140 Å². The van der Waals surface area contributed by atoms with Crippen LogP contribution >= 0.6 is 11.3 Å². The Kier molecular flexibility index (Phi) is 4.16. The van der Waals surface area contributed by atoms with E-state index in [0.717, 1.165) is 29.0 Å². The Balaban J connectivity index is 1.93. The second-order valence-corrected chi connectivity index (χ2v) is 8.79. The minimum Gasteiger partial charge on any atom is -0.312 e. The molecule has 7 heteroatoms. The number of hydrogen-bond acceptors (Lipinski definition) is 4. The lowest BCUT2D eigenvalue weighted by Gasteiger charge is -2.29. The summed E-state index contributed by atoms with van der Waals surface area (Å²) in [7, 11) is -3.59. The van der Waals surface area contributed by atoms with Crippen molar-refractivity contribution in [3.8, 4) is 0 Å². The van der Waals surface area contributed by atoms with Gasteiger partial charge in [-0.15, -0.1) is 11.3 Å². The Morgan fingerprint density at radius 3 is 2.70 bits per heavy atom. The monoisotopic (exact) mass is 350 g/mol. The number of nitrogens with one attached hydrogen (secondary N) is 1. The lowest BCUT2D eigenvalue weighted by Crippen LogP contribution is -2.33. The van der Waals surface area contributed by atoms with Gasteiger partial charge in [-0.25, -0.2) is 8.42 Å². The van der Waals surface area contributed by atoms with Crippen LogP contribution in [0.2, 0.25) is 0 Å². The van der Waals surface area contributed by atoms with Crippen molar-refractivity contribution in [3.63, 3.8) is 0 Å². The predicted octanol–water partition coefficient (Wildman–Crippen LogP) is 3.16. The quantitative estimate of drug-likeness (QED) is 0.925. The van der Waals surface area contributed by atoms with E-state index >= 15 is 0 Å². The van der Waals surface area contributed by atoms with E-state index in [9.17, 15) is 13.2 Å². The Hall–Kier alpha value is -1.86. The van der Waals surface area contributed by atoms with Crippen LogP contribution in [-0.2, 0) is 21.2 Å². The summed E-state index contributed by atoms with van der Waals surface area (Å²) in [5, 5.41) is 0. The molecule has 23 heavy (non-hydrogen) atoms. The van der Waals surface area contributed by atoms with Gasteiger partial charge in [-0.3, -0.25) is 9.52 Å². The molecule has 5 nitrogen and oxygen atoms in total. The Morgan fingerprint density at radius 2 is 2.04 bits per heavy atom. The summed E-state index contributed by atoms with van der Waals surface area (Å²) in [4.78, 5) is 14.4. The largest absolute Gasteiger partial charge is 0.312 e. The molecule has 1 aromatic carbocycles. The summed E-state index contributed by atoms with van der Waals surface area (Å²) in [6, 6.07) is 8.77. The number of hydrogen-bond donors (Lipinski definition) is 1. The molecule has 122 valence electrons. The van der Waals surface area contributed by atoms with Gasteiger partial charge < -0.3 is 4.90 Å². The number of carbonyl (C=O) groups excluding carboxylic acids is 1. The van der Waals surface area contributed by atoms with Gasteiger partial charge in [-0.05, 0) is 49.6 Å². The van der Waals surface area contributed by atoms with Crippen molar-refractivity contribution in [2.75, 3.05) is 16.2 Å². The topological polar surface area (TPSA) is 66.5 Å². The van der Waals surface area contributed by atoms with E-state index in [2.05, 4.69) is 4.72 Å². The summed E-state index contributed by atoms with van der Waals surface area (Å²) >= 11 is 1.23. The van der Waals surface area contributed by atoms with Crippen LogP contribution in [0.15, 0.2) is 34.5 Å². The van der Waals surface area contributed by atoms with Crippen LogP contribution in [0.3, 0.4) is 0 Å². The maximum Gasteiger partial charge on any atom is 0.271 e. The molecule has 0 fully saturated rings. The third-order valence-electron chi connectivity index (χ3n) is 3.82. The van der Waals surface area contributed by atoms with Gasteiger partial charge in [0, 0.05) is 24.0 Å². The molecule has 2 aromatic rings. The highest BCUT2D eigenvalue weighted by Crippen LogP contribution is 2.31. The van der Waals surface area contributed by atoms with E-state index in [-0.39, 0.29) is 10.1 Å². The molecule has 0 spiro atoms. The maximum absolute atomic E-state index is 12.4. The highest BCUT2D eigenvalue weighted by Gasteiger charge is 2.22. The number of aryl methyl sites for hydroxylation is 2. The van der Waals surface area contributed by atoms with E-state index in [1.807, 2.05) is 13.0 Å². The van der Waals surface area contributed by atoms with Crippen LogP contribution < -0.4 is 9.62 Å². The molecule has 1 N–H and O–H groups in total. The van der Waals surface area contributed by atoms with Crippen molar-refractivity contribution in [2.24, 2.45) is 0 Å². The van der Waals surface area contributed by atoms with Crippen LogP contribution in [0, 0.1) is 6.92 Å². The zero-order valence-electron chi connectivity index (χ0n) is 13.0. The molecule has 0 atom stereocenters. The summed E-state index contributed by atoms with van der Waals surface area (Å²) in [6.07, 6.45) is 1.82. The summed E-state index contributed by atoms with van der Waals surface area (Å²) in [6.45, 7) is 4.07. The third-order valence-corrected chi connectivity index (χ3v) is 6.69. The molecule has 1 aliphatic heterocycles. The molecule has 0 saturated carbocycles. The SMILES string of the molecule is CC(=O)N1CCCc2ccc(NS(=O)(=O)c3ccc(C)s3)cc21. The summed E-state index contributed by atoms with van der Waals surface area (Å²) < 4.78 is 27.7. The number of carbonyl (C=O) groups is 1. The molecule has 1 aromatic heterocycles. The van der Waals surface area contributed by atoms with Crippen molar-refractivity contribution >= 4 is 38.6 Å². The fraction of sp³-hybridized carbons (Fsp3) is 0.312. The maximum atomic E-state index is 12.4. The number of rotatable bonds is 3. The average molecular weight is 350 g/mol. The van der Waals surface area contributed by atoms with Crippen LogP contribution in [-0.4, -0.2) is 20.9 Å². The highest BCUT2D eigenvalue weighted by atomic mass is 32.2. The van der Waals surface area contributed by atoms with Gasteiger partial charge in [0.2, 0.25) is 5.91 Å². The molecule has 0 saturated heterocycles. The Morgan fingerprint density at radius 1 is 1.26 bits per heavy atom. The number of benzene rings is 1. The van der Waals surface area contributed by atoms with Crippen LogP contribution in [0.25, 0.3) is 0 Å². The zero-order valence-corrected chi connectivity index (χ0v) is 14.6. The van der Waals surface area contributed by atoms with Gasteiger partial charge in [0.15, 0.2) is 0 Å². The molecular formula is C16H18N2O3S2. The van der Waals surface area contributed by atoms with Crippen LogP contribution in [0.4, 0.5) is 11.4 Å². The first-order valence-corrected chi connectivity index (χ1v) is 9.67. The lowest BCUT2D eigenvalue weighted by molar-refractivity contribution is -0.116. The Bertz CT molecular complexity index is 856. The number of sulfonamides is 1. The highest BCUT2D eigenvalue weighted by molar-refractivity contribution is 7.94. The van der Waals surface area contributed by atoms with Gasteiger partial charge in [0.25, 0.3) is 10.0 Å². The number of thiophene rings is 1. The first-order chi connectivity index (χ1) is 10.9. The minimum atomic E-state index is -3.59. The van der Waals surface area contributed by atoms with Crippen LogP contribution in [0.1, 0.15) is 23.8 Å². The van der Waals surface area contributed by atoms with Crippen LogP contribution in [0.5, 0.6) is 0 Å². The molecular weight excluding hydrogens is 332 g/mol. The van der Waals surface area contributed by atoms with Crippen molar-refractivity contribution in [1.29, 1.82) is 0 Å². The zero-order chi connectivity index (χ0) is 16.6. The number of fused-ring (bicyclic) bond motifs is 1. The normalized spacial score (nSPS) is 14.4. The number of nitrogens with zero attached hydrogens (tertiary/aromatic N) is 1. The van der Waals surface area contributed by atoms with Crippen molar-refractivity contribution in [2.45, 2.75) is 30.9 Å². The molecule has 2 heterocycles. The van der Waals surface area contributed by atoms with E-state index in [1.54, 1.807) is 29.2 Å². The molecule has 0 radical (unpaired) electrons.